The Bertz CT molecular complexity index is 325. The maximum absolute atomic E-state index is 10.4. The number of hydrogen-bond donors (Lipinski definition) is 1. The first-order valence-electron chi connectivity index (χ1n) is 6.10. The van der Waals surface area contributed by atoms with E-state index in [2.05, 4.69) is 31.2 Å². The van der Waals surface area contributed by atoms with Crippen LogP contribution in [0, 0.1) is 6.92 Å². The minimum absolute atomic E-state index is 0.409. The normalized spacial score (nSPS) is 19.6. The van der Waals surface area contributed by atoms with Gasteiger partial charge in [-0.2, -0.15) is 0 Å². The van der Waals surface area contributed by atoms with Gasteiger partial charge < -0.3 is 5.11 Å². The van der Waals surface area contributed by atoms with Gasteiger partial charge in [0.25, 0.3) is 0 Å². The molecule has 1 nitrogen and oxygen atoms in total. The fourth-order valence-corrected chi connectivity index (χ4v) is 3.26. The predicted octanol–water partition coefficient (Wildman–Crippen LogP) is 3.78. The lowest BCUT2D eigenvalue weighted by Crippen LogP contribution is -2.33. The Morgan fingerprint density at radius 1 is 1.12 bits per heavy atom. The smallest absolute Gasteiger partial charge is 0.0741 e. The third-order valence-corrected chi connectivity index (χ3v) is 4.60. The highest BCUT2D eigenvalue weighted by atomic mass is 32.2. The molecule has 0 atom stereocenters. The standard InChI is InChI=1S/C14H20OS/c1-12-5-7-13(8-6-12)16-11-14(15)9-3-2-4-10-14/h5-8,15H,2-4,9-11H2,1H3. The molecule has 0 unspecified atom stereocenters. The second-order valence-electron chi connectivity index (χ2n) is 4.89. The van der Waals surface area contributed by atoms with Crippen LogP contribution in [0.4, 0.5) is 0 Å². The van der Waals surface area contributed by atoms with Gasteiger partial charge in [0, 0.05) is 10.6 Å². The Morgan fingerprint density at radius 2 is 1.75 bits per heavy atom. The summed E-state index contributed by atoms with van der Waals surface area (Å²) in [6.45, 7) is 2.10. The number of rotatable bonds is 3. The molecule has 1 aromatic carbocycles. The van der Waals surface area contributed by atoms with Crippen LogP contribution in [0.1, 0.15) is 37.7 Å². The van der Waals surface area contributed by atoms with Gasteiger partial charge in [0.2, 0.25) is 0 Å². The Hall–Kier alpha value is -0.470. The largest absolute Gasteiger partial charge is 0.389 e. The molecule has 88 valence electrons. The molecule has 16 heavy (non-hydrogen) atoms. The van der Waals surface area contributed by atoms with E-state index < -0.39 is 5.60 Å². The zero-order chi connectivity index (χ0) is 11.4. The number of hydrogen-bond acceptors (Lipinski definition) is 2. The van der Waals surface area contributed by atoms with Gasteiger partial charge >= 0.3 is 0 Å². The van der Waals surface area contributed by atoms with Crippen molar-refractivity contribution in [2.24, 2.45) is 0 Å². The predicted molar refractivity (Wildman–Crippen MR) is 69.9 cm³/mol. The topological polar surface area (TPSA) is 20.2 Å². The highest BCUT2D eigenvalue weighted by molar-refractivity contribution is 7.99. The van der Waals surface area contributed by atoms with Crippen LogP contribution in [0.5, 0.6) is 0 Å². The van der Waals surface area contributed by atoms with E-state index in [1.165, 1.54) is 29.7 Å². The van der Waals surface area contributed by atoms with Crippen LogP contribution in [0.3, 0.4) is 0 Å². The van der Waals surface area contributed by atoms with Crippen LogP contribution in [-0.2, 0) is 0 Å². The number of aryl methyl sites for hydroxylation is 1. The van der Waals surface area contributed by atoms with Crippen LogP contribution < -0.4 is 0 Å². The minimum atomic E-state index is -0.409. The van der Waals surface area contributed by atoms with Gasteiger partial charge in [-0.15, -0.1) is 11.8 Å². The minimum Gasteiger partial charge on any atom is -0.389 e. The molecule has 2 rings (SSSR count). The van der Waals surface area contributed by atoms with Crippen LogP contribution >= 0.6 is 11.8 Å². The molecule has 1 aliphatic rings. The van der Waals surface area contributed by atoms with Gasteiger partial charge in [-0.25, -0.2) is 0 Å². The first-order chi connectivity index (χ1) is 7.68. The Kier molecular flexibility index (Phi) is 3.93. The summed E-state index contributed by atoms with van der Waals surface area (Å²) in [5.74, 6) is 0.843. The van der Waals surface area contributed by atoms with Crippen molar-refractivity contribution in [3.05, 3.63) is 29.8 Å². The summed E-state index contributed by atoms with van der Waals surface area (Å²) < 4.78 is 0. The van der Waals surface area contributed by atoms with Crippen LogP contribution in [0.25, 0.3) is 0 Å². The van der Waals surface area contributed by atoms with Crippen LogP contribution in [-0.4, -0.2) is 16.5 Å². The lowest BCUT2D eigenvalue weighted by Gasteiger charge is -2.31. The van der Waals surface area contributed by atoms with Crippen molar-refractivity contribution in [1.82, 2.24) is 0 Å². The zero-order valence-electron chi connectivity index (χ0n) is 9.91. The van der Waals surface area contributed by atoms with Gasteiger partial charge in [-0.05, 0) is 31.9 Å². The second kappa shape index (κ2) is 5.24. The van der Waals surface area contributed by atoms with Crippen molar-refractivity contribution in [2.45, 2.75) is 49.5 Å². The van der Waals surface area contributed by atoms with Crippen molar-refractivity contribution < 1.29 is 5.11 Å². The molecule has 1 saturated carbocycles. The van der Waals surface area contributed by atoms with Gasteiger partial charge in [0.1, 0.15) is 0 Å². The summed E-state index contributed by atoms with van der Waals surface area (Å²) in [5.41, 5.74) is 0.883. The molecular formula is C14H20OS. The highest BCUT2D eigenvalue weighted by Crippen LogP contribution is 2.33. The summed E-state index contributed by atoms with van der Waals surface area (Å²) in [5, 5.41) is 10.4. The molecule has 1 aromatic rings. The molecule has 0 bridgehead atoms. The van der Waals surface area contributed by atoms with E-state index in [1.807, 2.05) is 0 Å². The number of aliphatic hydroxyl groups is 1. The van der Waals surface area contributed by atoms with Gasteiger partial charge in [0.05, 0.1) is 5.60 Å². The number of benzene rings is 1. The van der Waals surface area contributed by atoms with Crippen molar-refractivity contribution in [3.63, 3.8) is 0 Å². The first kappa shape index (κ1) is 12.0. The van der Waals surface area contributed by atoms with E-state index in [0.29, 0.717) is 0 Å². The highest BCUT2D eigenvalue weighted by Gasteiger charge is 2.28. The van der Waals surface area contributed by atoms with Crippen LogP contribution in [0.15, 0.2) is 29.2 Å². The third kappa shape index (κ3) is 3.26. The summed E-state index contributed by atoms with van der Waals surface area (Å²) in [7, 11) is 0. The maximum atomic E-state index is 10.4. The quantitative estimate of drug-likeness (QED) is 0.806. The molecule has 1 aliphatic carbocycles. The van der Waals surface area contributed by atoms with E-state index in [4.69, 9.17) is 0 Å². The van der Waals surface area contributed by atoms with Crippen molar-refractivity contribution in [2.75, 3.05) is 5.75 Å². The fourth-order valence-electron chi connectivity index (χ4n) is 2.21. The molecule has 0 spiro atoms. The van der Waals surface area contributed by atoms with Crippen molar-refractivity contribution in [3.8, 4) is 0 Å². The van der Waals surface area contributed by atoms with E-state index >= 15 is 0 Å². The first-order valence-corrected chi connectivity index (χ1v) is 7.08. The SMILES string of the molecule is Cc1ccc(SCC2(O)CCCCC2)cc1. The van der Waals surface area contributed by atoms with Crippen molar-refractivity contribution in [1.29, 1.82) is 0 Å². The zero-order valence-corrected chi connectivity index (χ0v) is 10.7. The Morgan fingerprint density at radius 3 is 2.38 bits per heavy atom. The molecule has 1 fully saturated rings. The molecule has 0 aliphatic heterocycles. The third-order valence-electron chi connectivity index (χ3n) is 3.31. The lowest BCUT2D eigenvalue weighted by atomic mass is 9.86. The molecule has 0 saturated heterocycles. The van der Waals surface area contributed by atoms with Crippen LogP contribution in [0.2, 0.25) is 0 Å². The summed E-state index contributed by atoms with van der Waals surface area (Å²) in [4.78, 5) is 1.27. The van der Waals surface area contributed by atoms with E-state index in [9.17, 15) is 5.11 Å². The molecule has 0 aromatic heterocycles. The van der Waals surface area contributed by atoms with E-state index in [-0.39, 0.29) is 0 Å². The summed E-state index contributed by atoms with van der Waals surface area (Å²) in [6.07, 6.45) is 5.62. The lowest BCUT2D eigenvalue weighted by molar-refractivity contribution is 0.0273. The average molecular weight is 236 g/mol. The molecular weight excluding hydrogens is 216 g/mol. The van der Waals surface area contributed by atoms with Gasteiger partial charge in [0.15, 0.2) is 0 Å². The average Bonchev–Trinajstić information content (AvgIpc) is 2.29. The fraction of sp³-hybridized carbons (Fsp3) is 0.571. The molecule has 1 N–H and O–H groups in total. The molecule has 2 heteroatoms. The van der Waals surface area contributed by atoms with Crippen molar-refractivity contribution >= 4 is 11.8 Å². The second-order valence-corrected chi connectivity index (χ2v) is 5.94. The maximum Gasteiger partial charge on any atom is 0.0741 e. The van der Waals surface area contributed by atoms with Gasteiger partial charge in [-0.1, -0.05) is 37.0 Å². The monoisotopic (exact) mass is 236 g/mol. The number of thioether (sulfide) groups is 1. The molecule has 0 amide bonds. The molecule has 0 heterocycles. The summed E-state index contributed by atoms with van der Waals surface area (Å²) >= 11 is 1.78. The Labute approximate surface area is 102 Å². The summed E-state index contributed by atoms with van der Waals surface area (Å²) in [6, 6.07) is 8.55. The van der Waals surface area contributed by atoms with E-state index in [0.717, 1.165) is 18.6 Å². The van der Waals surface area contributed by atoms with E-state index in [1.54, 1.807) is 11.8 Å². The van der Waals surface area contributed by atoms with Gasteiger partial charge in [-0.3, -0.25) is 0 Å². The molecule has 0 radical (unpaired) electrons. The Balaban J connectivity index is 1.88.